The van der Waals surface area contributed by atoms with Crippen LogP contribution in [-0.4, -0.2) is 13.1 Å². The number of aryl methyl sites for hydroxylation is 1. The molecule has 0 spiro atoms. The number of rotatable bonds is 1. The average molecular weight is 239 g/mol. The van der Waals surface area contributed by atoms with E-state index < -0.39 is 0 Å². The summed E-state index contributed by atoms with van der Waals surface area (Å²) in [6.45, 7) is 8.93. The van der Waals surface area contributed by atoms with Crippen LogP contribution < -0.4 is 10.6 Å². The Morgan fingerprint density at radius 2 is 1.81 bits per heavy atom. The van der Waals surface area contributed by atoms with Gasteiger partial charge >= 0.3 is 0 Å². The minimum absolute atomic E-state index is 0.660. The summed E-state index contributed by atoms with van der Waals surface area (Å²) >= 11 is 6.09. The molecule has 2 unspecified atom stereocenters. The maximum atomic E-state index is 6.09. The summed E-state index contributed by atoms with van der Waals surface area (Å²) in [5.41, 5.74) is 8.91. The number of nitrogens with two attached hydrogens (primary N) is 1. The zero-order chi connectivity index (χ0) is 11.9. The van der Waals surface area contributed by atoms with Crippen molar-refractivity contribution in [3.05, 3.63) is 22.7 Å². The highest BCUT2D eigenvalue weighted by atomic mass is 35.5. The minimum atomic E-state index is 0.660. The third-order valence-electron chi connectivity index (χ3n) is 3.64. The zero-order valence-electron chi connectivity index (χ0n) is 10.1. The van der Waals surface area contributed by atoms with E-state index in [9.17, 15) is 0 Å². The Morgan fingerprint density at radius 3 is 2.38 bits per heavy atom. The van der Waals surface area contributed by atoms with Crippen LogP contribution in [0.25, 0.3) is 0 Å². The van der Waals surface area contributed by atoms with E-state index in [1.165, 1.54) is 11.3 Å². The molecule has 1 heterocycles. The fourth-order valence-electron chi connectivity index (χ4n) is 2.36. The van der Waals surface area contributed by atoms with Crippen molar-refractivity contribution in [1.29, 1.82) is 0 Å². The Kier molecular flexibility index (Phi) is 3.02. The second-order valence-electron chi connectivity index (χ2n) is 5.02. The summed E-state index contributed by atoms with van der Waals surface area (Å²) in [5, 5.41) is 0.660. The highest BCUT2D eigenvalue weighted by Crippen LogP contribution is 2.34. The standard InChI is InChI=1S/C13H19ClN2/c1-8-4-12(15)11(14)5-13(8)16-6-9(2)10(3)7-16/h4-5,9-10H,6-7,15H2,1-3H3. The summed E-state index contributed by atoms with van der Waals surface area (Å²) in [6.07, 6.45) is 0. The van der Waals surface area contributed by atoms with E-state index in [1.54, 1.807) is 0 Å². The number of nitrogen functional groups attached to an aromatic ring is 1. The Hall–Kier alpha value is -0.890. The van der Waals surface area contributed by atoms with Gasteiger partial charge in [0.2, 0.25) is 0 Å². The predicted molar refractivity (Wildman–Crippen MR) is 71.1 cm³/mol. The van der Waals surface area contributed by atoms with Crippen LogP contribution in [0, 0.1) is 18.8 Å². The Labute approximate surface area is 102 Å². The molecule has 1 aromatic rings. The molecule has 2 N–H and O–H groups in total. The summed E-state index contributed by atoms with van der Waals surface area (Å²) in [5.74, 6) is 1.49. The molecule has 3 heteroatoms. The third-order valence-corrected chi connectivity index (χ3v) is 3.97. The first-order valence-electron chi connectivity index (χ1n) is 5.79. The number of nitrogens with zero attached hydrogens (tertiary/aromatic N) is 1. The third kappa shape index (κ3) is 1.99. The summed E-state index contributed by atoms with van der Waals surface area (Å²) < 4.78 is 0. The lowest BCUT2D eigenvalue weighted by Gasteiger charge is -2.21. The number of hydrogen-bond donors (Lipinski definition) is 1. The van der Waals surface area contributed by atoms with E-state index in [1.807, 2.05) is 12.1 Å². The zero-order valence-corrected chi connectivity index (χ0v) is 10.9. The molecule has 1 aliphatic heterocycles. The summed E-state index contributed by atoms with van der Waals surface area (Å²) in [6, 6.07) is 3.96. The summed E-state index contributed by atoms with van der Waals surface area (Å²) in [4.78, 5) is 2.41. The fourth-order valence-corrected chi connectivity index (χ4v) is 2.52. The van der Waals surface area contributed by atoms with Gasteiger partial charge in [0.25, 0.3) is 0 Å². The van der Waals surface area contributed by atoms with Gasteiger partial charge in [-0.25, -0.2) is 0 Å². The lowest BCUT2D eigenvalue weighted by Crippen LogP contribution is -2.20. The molecule has 1 saturated heterocycles. The van der Waals surface area contributed by atoms with E-state index >= 15 is 0 Å². The van der Waals surface area contributed by atoms with Crippen molar-refractivity contribution in [2.24, 2.45) is 11.8 Å². The molecule has 16 heavy (non-hydrogen) atoms. The monoisotopic (exact) mass is 238 g/mol. The van der Waals surface area contributed by atoms with Crippen LogP contribution in [0.15, 0.2) is 12.1 Å². The van der Waals surface area contributed by atoms with Crippen molar-refractivity contribution >= 4 is 23.0 Å². The van der Waals surface area contributed by atoms with Crippen LogP contribution in [0.4, 0.5) is 11.4 Å². The SMILES string of the molecule is Cc1cc(N)c(Cl)cc1N1CC(C)C(C)C1. The predicted octanol–water partition coefficient (Wildman–Crippen LogP) is 3.32. The molecular formula is C13H19ClN2. The van der Waals surface area contributed by atoms with E-state index in [0.29, 0.717) is 10.7 Å². The molecule has 2 atom stereocenters. The van der Waals surface area contributed by atoms with Crippen molar-refractivity contribution in [2.45, 2.75) is 20.8 Å². The second kappa shape index (κ2) is 4.17. The van der Waals surface area contributed by atoms with Gasteiger partial charge in [0.15, 0.2) is 0 Å². The molecule has 0 radical (unpaired) electrons. The Bertz CT molecular complexity index is 393. The maximum Gasteiger partial charge on any atom is 0.0656 e. The van der Waals surface area contributed by atoms with Gasteiger partial charge in [-0.1, -0.05) is 25.4 Å². The number of halogens is 1. The van der Waals surface area contributed by atoms with Crippen molar-refractivity contribution in [2.75, 3.05) is 23.7 Å². The lowest BCUT2D eigenvalue weighted by molar-refractivity contribution is 0.494. The van der Waals surface area contributed by atoms with Crippen molar-refractivity contribution < 1.29 is 0 Å². The van der Waals surface area contributed by atoms with Crippen molar-refractivity contribution in [3.63, 3.8) is 0 Å². The second-order valence-corrected chi connectivity index (χ2v) is 5.43. The van der Waals surface area contributed by atoms with Gasteiger partial charge in [-0.2, -0.15) is 0 Å². The molecule has 0 bridgehead atoms. The van der Waals surface area contributed by atoms with Crippen LogP contribution in [0.3, 0.4) is 0 Å². The van der Waals surface area contributed by atoms with Crippen LogP contribution in [0.5, 0.6) is 0 Å². The normalized spacial score (nSPS) is 25.1. The maximum absolute atomic E-state index is 6.09. The van der Waals surface area contributed by atoms with Gasteiger partial charge in [0.1, 0.15) is 0 Å². The smallest absolute Gasteiger partial charge is 0.0656 e. The molecule has 2 nitrogen and oxygen atoms in total. The van der Waals surface area contributed by atoms with Crippen molar-refractivity contribution in [1.82, 2.24) is 0 Å². The van der Waals surface area contributed by atoms with Gasteiger partial charge < -0.3 is 10.6 Å². The molecule has 88 valence electrons. The van der Waals surface area contributed by atoms with E-state index in [0.717, 1.165) is 24.9 Å². The molecule has 1 aromatic carbocycles. The Balaban J connectivity index is 2.31. The molecule has 2 rings (SSSR count). The van der Waals surface area contributed by atoms with Crippen LogP contribution >= 0.6 is 11.6 Å². The number of benzene rings is 1. The average Bonchev–Trinajstić information content (AvgIpc) is 2.53. The van der Waals surface area contributed by atoms with Gasteiger partial charge in [0.05, 0.1) is 10.7 Å². The molecule has 1 fully saturated rings. The van der Waals surface area contributed by atoms with Crippen LogP contribution in [-0.2, 0) is 0 Å². The summed E-state index contributed by atoms with van der Waals surface area (Å²) in [7, 11) is 0. The molecule has 0 aromatic heterocycles. The number of hydrogen-bond acceptors (Lipinski definition) is 2. The fraction of sp³-hybridized carbons (Fsp3) is 0.538. The lowest BCUT2D eigenvalue weighted by atomic mass is 10.0. The van der Waals surface area contributed by atoms with Gasteiger partial charge in [0, 0.05) is 18.8 Å². The molecule has 1 aliphatic rings. The first-order chi connectivity index (χ1) is 7.49. The van der Waals surface area contributed by atoms with Gasteiger partial charge in [-0.3, -0.25) is 0 Å². The first-order valence-corrected chi connectivity index (χ1v) is 6.17. The minimum Gasteiger partial charge on any atom is -0.398 e. The van der Waals surface area contributed by atoms with Crippen LogP contribution in [0.2, 0.25) is 5.02 Å². The van der Waals surface area contributed by atoms with Gasteiger partial charge in [-0.15, -0.1) is 0 Å². The van der Waals surface area contributed by atoms with E-state index in [4.69, 9.17) is 17.3 Å². The quantitative estimate of drug-likeness (QED) is 0.761. The largest absolute Gasteiger partial charge is 0.398 e. The molecule has 0 saturated carbocycles. The van der Waals surface area contributed by atoms with Crippen molar-refractivity contribution in [3.8, 4) is 0 Å². The van der Waals surface area contributed by atoms with E-state index in [2.05, 4.69) is 25.7 Å². The molecular weight excluding hydrogens is 220 g/mol. The molecule has 0 amide bonds. The highest BCUT2D eigenvalue weighted by Gasteiger charge is 2.27. The van der Waals surface area contributed by atoms with Crippen LogP contribution in [0.1, 0.15) is 19.4 Å². The van der Waals surface area contributed by atoms with E-state index in [-0.39, 0.29) is 0 Å². The highest BCUT2D eigenvalue weighted by molar-refractivity contribution is 6.33. The topological polar surface area (TPSA) is 29.3 Å². The van der Waals surface area contributed by atoms with Gasteiger partial charge in [-0.05, 0) is 36.5 Å². The Morgan fingerprint density at radius 1 is 1.25 bits per heavy atom. The first kappa shape index (κ1) is 11.6. The number of anilines is 2. The molecule has 0 aliphatic carbocycles.